The van der Waals surface area contributed by atoms with Crippen LogP contribution in [0.1, 0.15) is 32.6 Å². The van der Waals surface area contributed by atoms with Crippen molar-refractivity contribution in [3.8, 4) is 0 Å². The molecule has 0 spiro atoms. The van der Waals surface area contributed by atoms with Crippen LogP contribution in [0.4, 0.5) is 4.79 Å². The summed E-state index contributed by atoms with van der Waals surface area (Å²) >= 11 is 0. The van der Waals surface area contributed by atoms with Crippen molar-refractivity contribution in [2.24, 2.45) is 5.41 Å². The van der Waals surface area contributed by atoms with Crippen molar-refractivity contribution in [2.75, 3.05) is 26.2 Å². The molecule has 2 fully saturated rings. The van der Waals surface area contributed by atoms with Crippen LogP contribution < -0.4 is 10.6 Å². The number of carboxylic acids is 1. The number of urea groups is 1. The van der Waals surface area contributed by atoms with Gasteiger partial charge in [-0.2, -0.15) is 0 Å². The van der Waals surface area contributed by atoms with E-state index in [0.29, 0.717) is 19.4 Å². The highest BCUT2D eigenvalue weighted by molar-refractivity contribution is 5.80. The Balaban J connectivity index is 1.85. The van der Waals surface area contributed by atoms with Gasteiger partial charge in [-0.05, 0) is 45.7 Å². The van der Waals surface area contributed by atoms with Crippen LogP contribution in [0.25, 0.3) is 0 Å². The van der Waals surface area contributed by atoms with E-state index >= 15 is 0 Å². The van der Waals surface area contributed by atoms with Crippen LogP contribution in [-0.2, 0) is 4.79 Å². The van der Waals surface area contributed by atoms with E-state index in [2.05, 4.69) is 10.6 Å². The zero-order chi connectivity index (χ0) is 13.9. The number of nitrogens with zero attached hydrogens (tertiary/aromatic N) is 1. The highest BCUT2D eigenvalue weighted by Gasteiger charge is 2.50. The molecule has 6 nitrogen and oxygen atoms in total. The summed E-state index contributed by atoms with van der Waals surface area (Å²) in [5, 5.41) is 15.2. The van der Waals surface area contributed by atoms with Gasteiger partial charge in [-0.15, -0.1) is 0 Å². The lowest BCUT2D eigenvalue weighted by atomic mass is 10.1. The smallest absolute Gasteiger partial charge is 0.317 e. The Bertz CT molecular complexity index is 349. The molecule has 3 N–H and O–H groups in total. The summed E-state index contributed by atoms with van der Waals surface area (Å²) in [7, 11) is 0. The number of carbonyl (C=O) groups is 2. The number of rotatable bonds is 5. The molecule has 0 aromatic rings. The van der Waals surface area contributed by atoms with E-state index in [0.717, 1.165) is 25.9 Å². The average molecular weight is 269 g/mol. The minimum Gasteiger partial charge on any atom is -0.481 e. The number of carbonyl (C=O) groups excluding carboxylic acids is 1. The van der Waals surface area contributed by atoms with Crippen LogP contribution in [0.15, 0.2) is 0 Å². The second kappa shape index (κ2) is 5.77. The van der Waals surface area contributed by atoms with Gasteiger partial charge in [0.1, 0.15) is 0 Å². The summed E-state index contributed by atoms with van der Waals surface area (Å²) in [5.41, 5.74) is -0.691. The van der Waals surface area contributed by atoms with Crippen molar-refractivity contribution in [3.63, 3.8) is 0 Å². The molecular formula is C13H23N3O3. The van der Waals surface area contributed by atoms with Gasteiger partial charge in [0, 0.05) is 19.1 Å². The molecule has 0 atom stereocenters. The molecule has 19 heavy (non-hydrogen) atoms. The molecule has 2 aliphatic rings. The molecule has 0 aromatic carbocycles. The molecule has 2 rings (SSSR count). The van der Waals surface area contributed by atoms with Crippen LogP contribution in [0.2, 0.25) is 0 Å². The Morgan fingerprint density at radius 2 is 2.00 bits per heavy atom. The maximum atomic E-state index is 12.2. The highest BCUT2D eigenvalue weighted by Crippen LogP contribution is 2.45. The summed E-state index contributed by atoms with van der Waals surface area (Å²) in [6.07, 6.45) is 3.26. The summed E-state index contributed by atoms with van der Waals surface area (Å²) in [6.45, 7) is 4.76. The zero-order valence-corrected chi connectivity index (χ0v) is 11.4. The van der Waals surface area contributed by atoms with Crippen molar-refractivity contribution in [2.45, 2.75) is 38.6 Å². The van der Waals surface area contributed by atoms with Crippen LogP contribution >= 0.6 is 0 Å². The number of nitrogens with one attached hydrogen (secondary N) is 2. The van der Waals surface area contributed by atoms with Crippen molar-refractivity contribution in [1.29, 1.82) is 0 Å². The van der Waals surface area contributed by atoms with Gasteiger partial charge in [-0.25, -0.2) is 4.79 Å². The first-order valence-electron chi connectivity index (χ1n) is 7.07. The van der Waals surface area contributed by atoms with Crippen molar-refractivity contribution in [3.05, 3.63) is 0 Å². The van der Waals surface area contributed by atoms with Gasteiger partial charge in [0.15, 0.2) is 0 Å². The first kappa shape index (κ1) is 14.1. The van der Waals surface area contributed by atoms with Crippen LogP contribution in [0, 0.1) is 5.41 Å². The Hall–Kier alpha value is -1.30. The number of piperidine rings is 1. The molecule has 1 saturated carbocycles. The summed E-state index contributed by atoms with van der Waals surface area (Å²) in [4.78, 5) is 25.1. The number of hydrogen-bond acceptors (Lipinski definition) is 3. The zero-order valence-electron chi connectivity index (χ0n) is 11.4. The van der Waals surface area contributed by atoms with Crippen molar-refractivity contribution in [1.82, 2.24) is 15.5 Å². The largest absolute Gasteiger partial charge is 0.481 e. The van der Waals surface area contributed by atoms with E-state index in [1.165, 1.54) is 0 Å². The highest BCUT2D eigenvalue weighted by atomic mass is 16.4. The van der Waals surface area contributed by atoms with E-state index in [4.69, 9.17) is 5.11 Å². The lowest BCUT2D eigenvalue weighted by Gasteiger charge is -2.34. The second-order valence-electron chi connectivity index (χ2n) is 5.51. The minimum atomic E-state index is -0.794. The first-order valence-corrected chi connectivity index (χ1v) is 7.07. The van der Waals surface area contributed by atoms with Gasteiger partial charge in [-0.1, -0.05) is 0 Å². The van der Waals surface area contributed by atoms with E-state index in [-0.39, 0.29) is 18.6 Å². The lowest BCUT2D eigenvalue weighted by molar-refractivity contribution is -0.143. The van der Waals surface area contributed by atoms with Gasteiger partial charge >= 0.3 is 12.0 Å². The third-order valence-electron chi connectivity index (χ3n) is 4.24. The topological polar surface area (TPSA) is 81.7 Å². The van der Waals surface area contributed by atoms with Gasteiger partial charge in [0.25, 0.3) is 0 Å². The van der Waals surface area contributed by atoms with Crippen molar-refractivity contribution >= 4 is 12.0 Å². The minimum absolute atomic E-state index is 0.123. The number of hydrogen-bond donors (Lipinski definition) is 3. The molecule has 0 bridgehead atoms. The fourth-order valence-corrected chi connectivity index (χ4v) is 2.65. The van der Waals surface area contributed by atoms with E-state index in [9.17, 15) is 9.59 Å². The normalized spacial score (nSPS) is 21.7. The number of carboxylic acid groups (broad SMARTS) is 1. The number of amides is 2. The number of aliphatic carboxylic acids is 1. The van der Waals surface area contributed by atoms with Gasteiger partial charge in [-0.3, -0.25) is 4.79 Å². The molecule has 0 unspecified atom stereocenters. The van der Waals surface area contributed by atoms with Crippen LogP contribution in [-0.4, -0.2) is 54.2 Å². The molecule has 2 amide bonds. The Kier molecular flexibility index (Phi) is 4.29. The molecule has 1 heterocycles. The van der Waals surface area contributed by atoms with Crippen LogP contribution in [0.5, 0.6) is 0 Å². The maximum Gasteiger partial charge on any atom is 0.317 e. The predicted molar refractivity (Wildman–Crippen MR) is 71.0 cm³/mol. The molecule has 0 radical (unpaired) electrons. The van der Waals surface area contributed by atoms with E-state index in [1.807, 2.05) is 11.8 Å². The van der Waals surface area contributed by atoms with Gasteiger partial charge < -0.3 is 20.6 Å². The molecule has 1 aliphatic heterocycles. The molecule has 0 aromatic heterocycles. The third-order valence-corrected chi connectivity index (χ3v) is 4.24. The summed E-state index contributed by atoms with van der Waals surface area (Å²) < 4.78 is 0. The fraction of sp³-hybridized carbons (Fsp3) is 0.846. The lowest BCUT2D eigenvalue weighted by Crippen LogP contribution is -2.51. The maximum absolute atomic E-state index is 12.2. The van der Waals surface area contributed by atoms with Gasteiger partial charge in [0.05, 0.1) is 5.41 Å². The summed E-state index contributed by atoms with van der Waals surface area (Å²) in [5.74, 6) is -0.794. The Labute approximate surface area is 113 Å². The monoisotopic (exact) mass is 269 g/mol. The quantitative estimate of drug-likeness (QED) is 0.684. The Morgan fingerprint density at radius 1 is 1.37 bits per heavy atom. The van der Waals surface area contributed by atoms with E-state index in [1.54, 1.807) is 0 Å². The molecule has 1 aliphatic carbocycles. The van der Waals surface area contributed by atoms with Gasteiger partial charge in [0.2, 0.25) is 0 Å². The SMILES string of the molecule is CCN(C(=O)NCC1(C(=O)O)CC1)C1CCNCC1. The third kappa shape index (κ3) is 3.18. The Morgan fingerprint density at radius 3 is 2.47 bits per heavy atom. The average Bonchev–Trinajstić information content (AvgIpc) is 3.20. The fourth-order valence-electron chi connectivity index (χ4n) is 2.65. The first-order chi connectivity index (χ1) is 9.09. The molecule has 6 heteroatoms. The van der Waals surface area contributed by atoms with Crippen LogP contribution in [0.3, 0.4) is 0 Å². The standard InChI is InChI=1S/C13H23N3O3/c1-2-16(10-3-7-14-8-4-10)12(19)15-9-13(5-6-13)11(17)18/h10,14H,2-9H2,1H3,(H,15,19)(H,17,18). The van der Waals surface area contributed by atoms with E-state index < -0.39 is 11.4 Å². The second-order valence-corrected chi connectivity index (χ2v) is 5.51. The predicted octanol–water partition coefficient (Wildman–Crippen LogP) is 0.635. The van der Waals surface area contributed by atoms with Crippen molar-refractivity contribution < 1.29 is 14.7 Å². The molecule has 1 saturated heterocycles. The summed E-state index contributed by atoms with van der Waals surface area (Å²) in [6, 6.07) is 0.146. The molecule has 108 valence electrons. The molecular weight excluding hydrogens is 246 g/mol.